The van der Waals surface area contributed by atoms with Gasteiger partial charge in [-0.25, -0.2) is 0 Å². The van der Waals surface area contributed by atoms with Crippen LogP contribution in [0.15, 0.2) is 0 Å². The van der Waals surface area contributed by atoms with Crippen LogP contribution < -0.4 is 0 Å². The van der Waals surface area contributed by atoms with E-state index in [1.54, 1.807) is 6.92 Å². The summed E-state index contributed by atoms with van der Waals surface area (Å²) in [5.41, 5.74) is 0. The van der Waals surface area contributed by atoms with E-state index in [0.29, 0.717) is 6.42 Å². The van der Waals surface area contributed by atoms with E-state index >= 15 is 0 Å². The number of aliphatic hydroxyl groups excluding tert-OH is 2. The highest BCUT2D eigenvalue weighted by molar-refractivity contribution is 4.75. The molecule has 1 aliphatic heterocycles. The van der Waals surface area contributed by atoms with Crippen molar-refractivity contribution in [1.29, 1.82) is 0 Å². The van der Waals surface area contributed by atoms with Crippen LogP contribution in [0.3, 0.4) is 0 Å². The maximum atomic E-state index is 9.28. The molecule has 0 aromatic carbocycles. The minimum Gasteiger partial charge on any atom is -0.393 e. The molecular weight excluding hydrogens is 132 g/mol. The Balaban J connectivity index is 2.49. The van der Waals surface area contributed by atoms with E-state index in [-0.39, 0.29) is 12.0 Å². The fourth-order valence-electron chi connectivity index (χ4n) is 1.16. The van der Waals surface area contributed by atoms with Crippen LogP contribution in [0.5, 0.6) is 0 Å². The molecule has 0 bridgehead atoms. The van der Waals surface area contributed by atoms with Gasteiger partial charge in [0.15, 0.2) is 6.29 Å². The SMILES string of the molecule is CC1CC(O)C(C)C(O)O1. The second kappa shape index (κ2) is 2.86. The molecule has 0 aromatic heterocycles. The molecule has 2 N–H and O–H groups in total. The average molecular weight is 146 g/mol. The van der Waals surface area contributed by atoms with E-state index in [0.717, 1.165) is 0 Å². The topological polar surface area (TPSA) is 49.7 Å². The van der Waals surface area contributed by atoms with Gasteiger partial charge in [-0.15, -0.1) is 0 Å². The van der Waals surface area contributed by atoms with Crippen molar-refractivity contribution in [2.75, 3.05) is 0 Å². The molecule has 10 heavy (non-hydrogen) atoms. The van der Waals surface area contributed by atoms with Crippen LogP contribution in [0.1, 0.15) is 20.3 Å². The molecule has 0 radical (unpaired) electrons. The Morgan fingerprint density at radius 2 is 1.90 bits per heavy atom. The van der Waals surface area contributed by atoms with E-state index in [9.17, 15) is 5.11 Å². The highest BCUT2D eigenvalue weighted by Crippen LogP contribution is 2.22. The molecule has 0 spiro atoms. The van der Waals surface area contributed by atoms with Gasteiger partial charge in [-0.2, -0.15) is 0 Å². The lowest BCUT2D eigenvalue weighted by Crippen LogP contribution is -2.41. The van der Waals surface area contributed by atoms with Gasteiger partial charge in [0.1, 0.15) is 0 Å². The van der Waals surface area contributed by atoms with Crippen LogP contribution in [0.25, 0.3) is 0 Å². The summed E-state index contributed by atoms with van der Waals surface area (Å²) in [6.07, 6.45) is -0.614. The molecule has 1 aliphatic rings. The zero-order chi connectivity index (χ0) is 7.72. The van der Waals surface area contributed by atoms with Gasteiger partial charge < -0.3 is 14.9 Å². The Kier molecular flexibility index (Phi) is 2.28. The fraction of sp³-hybridized carbons (Fsp3) is 1.00. The van der Waals surface area contributed by atoms with Gasteiger partial charge >= 0.3 is 0 Å². The van der Waals surface area contributed by atoms with Crippen molar-refractivity contribution in [1.82, 2.24) is 0 Å². The average Bonchev–Trinajstić information content (AvgIpc) is 1.82. The third kappa shape index (κ3) is 1.48. The summed E-state index contributed by atoms with van der Waals surface area (Å²) in [5, 5.41) is 18.4. The molecule has 1 saturated heterocycles. The van der Waals surface area contributed by atoms with Crippen LogP contribution >= 0.6 is 0 Å². The number of hydrogen-bond acceptors (Lipinski definition) is 3. The largest absolute Gasteiger partial charge is 0.393 e. The molecule has 0 saturated carbocycles. The molecular formula is C7H14O3. The minimum atomic E-state index is -0.793. The van der Waals surface area contributed by atoms with Gasteiger partial charge in [-0.05, 0) is 13.3 Å². The first-order valence-corrected chi connectivity index (χ1v) is 3.63. The smallest absolute Gasteiger partial charge is 0.159 e. The van der Waals surface area contributed by atoms with Crippen molar-refractivity contribution in [3.63, 3.8) is 0 Å². The molecule has 60 valence electrons. The zero-order valence-corrected chi connectivity index (χ0v) is 6.32. The Labute approximate surface area is 60.6 Å². The molecule has 3 nitrogen and oxygen atoms in total. The van der Waals surface area contributed by atoms with E-state index in [2.05, 4.69) is 0 Å². The maximum Gasteiger partial charge on any atom is 0.159 e. The lowest BCUT2D eigenvalue weighted by atomic mass is 9.96. The van der Waals surface area contributed by atoms with Crippen LogP contribution in [-0.2, 0) is 4.74 Å². The van der Waals surface area contributed by atoms with E-state index < -0.39 is 12.4 Å². The second-order valence-electron chi connectivity index (χ2n) is 3.00. The number of aliphatic hydroxyl groups is 2. The molecule has 4 unspecified atom stereocenters. The molecule has 1 fully saturated rings. The normalized spacial score (nSPS) is 49.2. The first-order valence-electron chi connectivity index (χ1n) is 3.63. The third-order valence-corrected chi connectivity index (χ3v) is 2.00. The van der Waals surface area contributed by atoms with Crippen LogP contribution in [0, 0.1) is 5.92 Å². The van der Waals surface area contributed by atoms with E-state index in [1.165, 1.54) is 0 Å². The predicted octanol–water partition coefficient (Wildman–Crippen LogP) is 0.111. The summed E-state index contributed by atoms with van der Waals surface area (Å²) in [7, 11) is 0. The summed E-state index contributed by atoms with van der Waals surface area (Å²) in [6.45, 7) is 3.62. The highest BCUT2D eigenvalue weighted by Gasteiger charge is 2.31. The number of hydrogen-bond donors (Lipinski definition) is 2. The van der Waals surface area contributed by atoms with Gasteiger partial charge in [0.25, 0.3) is 0 Å². The van der Waals surface area contributed by atoms with Gasteiger partial charge in [0.05, 0.1) is 12.2 Å². The van der Waals surface area contributed by atoms with Crippen LogP contribution in [0.2, 0.25) is 0 Å². The molecule has 1 heterocycles. The Hall–Kier alpha value is -0.120. The minimum absolute atomic E-state index is 0.0267. The van der Waals surface area contributed by atoms with E-state index in [4.69, 9.17) is 9.84 Å². The Morgan fingerprint density at radius 1 is 1.30 bits per heavy atom. The zero-order valence-electron chi connectivity index (χ0n) is 6.32. The van der Waals surface area contributed by atoms with Crippen molar-refractivity contribution in [3.8, 4) is 0 Å². The summed E-state index contributed by atoms with van der Waals surface area (Å²) in [4.78, 5) is 0. The van der Waals surface area contributed by atoms with Gasteiger partial charge in [0, 0.05) is 5.92 Å². The third-order valence-electron chi connectivity index (χ3n) is 2.00. The van der Waals surface area contributed by atoms with Gasteiger partial charge in [-0.3, -0.25) is 0 Å². The summed E-state index contributed by atoms with van der Waals surface area (Å²) >= 11 is 0. The molecule has 3 heteroatoms. The summed E-state index contributed by atoms with van der Waals surface area (Å²) < 4.78 is 5.06. The van der Waals surface area contributed by atoms with Gasteiger partial charge in [-0.1, -0.05) is 6.92 Å². The van der Waals surface area contributed by atoms with Crippen molar-refractivity contribution < 1.29 is 14.9 Å². The van der Waals surface area contributed by atoms with E-state index in [1.807, 2.05) is 6.92 Å². The van der Waals surface area contributed by atoms with Crippen molar-refractivity contribution in [2.24, 2.45) is 5.92 Å². The van der Waals surface area contributed by atoms with Crippen molar-refractivity contribution >= 4 is 0 Å². The summed E-state index contributed by atoms with van der Waals surface area (Å²) in [5.74, 6) is -0.156. The molecule has 0 aliphatic carbocycles. The maximum absolute atomic E-state index is 9.28. The number of ether oxygens (including phenoxy) is 1. The molecule has 1 rings (SSSR count). The van der Waals surface area contributed by atoms with Crippen molar-refractivity contribution in [2.45, 2.75) is 38.8 Å². The summed E-state index contributed by atoms with van der Waals surface area (Å²) in [6, 6.07) is 0. The lowest BCUT2D eigenvalue weighted by molar-refractivity contribution is -0.215. The Morgan fingerprint density at radius 3 is 2.40 bits per heavy atom. The first kappa shape index (κ1) is 7.98. The second-order valence-corrected chi connectivity index (χ2v) is 3.00. The first-order chi connectivity index (χ1) is 4.61. The number of rotatable bonds is 0. The van der Waals surface area contributed by atoms with Crippen LogP contribution in [-0.4, -0.2) is 28.7 Å². The quantitative estimate of drug-likeness (QED) is 0.510. The molecule has 0 aromatic rings. The molecule has 4 atom stereocenters. The van der Waals surface area contributed by atoms with Crippen LogP contribution in [0.4, 0.5) is 0 Å². The highest BCUT2D eigenvalue weighted by atomic mass is 16.6. The standard InChI is InChI=1S/C7H14O3/c1-4-3-6(8)5(2)7(9)10-4/h4-9H,3H2,1-2H3. The fourth-order valence-corrected chi connectivity index (χ4v) is 1.16. The monoisotopic (exact) mass is 146 g/mol. The molecule has 0 amide bonds. The van der Waals surface area contributed by atoms with Crippen molar-refractivity contribution in [3.05, 3.63) is 0 Å². The Bertz CT molecular complexity index is 103. The predicted molar refractivity (Wildman–Crippen MR) is 36.3 cm³/mol. The lowest BCUT2D eigenvalue weighted by Gasteiger charge is -2.33. The van der Waals surface area contributed by atoms with Gasteiger partial charge in [0.2, 0.25) is 0 Å².